The molecule has 0 amide bonds. The average Bonchev–Trinajstić information content (AvgIpc) is 2.98. The molecule has 94 valence electrons. The fraction of sp³-hybridized carbons (Fsp3) is 0.417. The Morgan fingerprint density at radius 3 is 2.72 bits per heavy atom. The largest absolute Gasteiger partial charge is 0.399 e. The quantitative estimate of drug-likeness (QED) is 0.846. The molecular formula is C12H14ClN5. The second kappa shape index (κ2) is 4.57. The van der Waals surface area contributed by atoms with E-state index < -0.39 is 0 Å². The molecule has 0 unspecified atom stereocenters. The van der Waals surface area contributed by atoms with Crippen LogP contribution in [0.3, 0.4) is 0 Å². The summed E-state index contributed by atoms with van der Waals surface area (Å²) in [5, 5.41) is 12.6. The van der Waals surface area contributed by atoms with Gasteiger partial charge in [-0.05, 0) is 41.5 Å². The van der Waals surface area contributed by atoms with Crippen molar-refractivity contribution in [2.24, 2.45) is 0 Å². The summed E-state index contributed by atoms with van der Waals surface area (Å²) in [6.07, 6.45) is 4.74. The molecule has 0 spiro atoms. The summed E-state index contributed by atoms with van der Waals surface area (Å²) in [5.74, 6) is 0.746. The molecule has 1 heterocycles. The SMILES string of the molecule is Nc1cc(Cl)cc(-c2nnnn2C2CCCC2)c1. The summed E-state index contributed by atoms with van der Waals surface area (Å²) >= 11 is 6.02. The first-order chi connectivity index (χ1) is 8.74. The van der Waals surface area contributed by atoms with Crippen molar-refractivity contribution in [2.45, 2.75) is 31.7 Å². The fourth-order valence-corrected chi connectivity index (χ4v) is 2.76. The Morgan fingerprint density at radius 2 is 2.00 bits per heavy atom. The van der Waals surface area contributed by atoms with Gasteiger partial charge in [-0.3, -0.25) is 0 Å². The van der Waals surface area contributed by atoms with Crippen LogP contribution >= 0.6 is 11.6 Å². The molecule has 1 aliphatic rings. The van der Waals surface area contributed by atoms with E-state index in [-0.39, 0.29) is 0 Å². The Hall–Kier alpha value is -1.62. The fourth-order valence-electron chi connectivity index (χ4n) is 2.52. The second-order valence-corrected chi connectivity index (χ2v) is 5.10. The van der Waals surface area contributed by atoms with Crippen LogP contribution in [0.4, 0.5) is 5.69 Å². The number of benzene rings is 1. The van der Waals surface area contributed by atoms with Gasteiger partial charge in [0, 0.05) is 16.3 Å². The number of nitrogen functional groups attached to an aromatic ring is 1. The van der Waals surface area contributed by atoms with Crippen molar-refractivity contribution in [3.63, 3.8) is 0 Å². The predicted octanol–water partition coefficient (Wildman–Crippen LogP) is 2.69. The van der Waals surface area contributed by atoms with Crippen LogP contribution in [0.5, 0.6) is 0 Å². The number of nitrogens with zero attached hydrogens (tertiary/aromatic N) is 4. The van der Waals surface area contributed by atoms with Gasteiger partial charge in [0.15, 0.2) is 5.82 Å². The zero-order valence-electron chi connectivity index (χ0n) is 9.88. The monoisotopic (exact) mass is 263 g/mol. The van der Waals surface area contributed by atoms with Gasteiger partial charge in [0.1, 0.15) is 0 Å². The lowest BCUT2D eigenvalue weighted by Crippen LogP contribution is -2.08. The number of rotatable bonds is 2. The normalized spacial score (nSPS) is 16.3. The molecule has 2 aromatic rings. The Kier molecular flexibility index (Phi) is 2.91. The second-order valence-electron chi connectivity index (χ2n) is 4.66. The number of halogens is 1. The smallest absolute Gasteiger partial charge is 0.182 e. The number of aromatic nitrogens is 4. The highest BCUT2D eigenvalue weighted by atomic mass is 35.5. The Morgan fingerprint density at radius 1 is 1.22 bits per heavy atom. The maximum atomic E-state index is 6.02. The number of tetrazole rings is 1. The lowest BCUT2D eigenvalue weighted by molar-refractivity contribution is 0.458. The molecule has 1 aliphatic carbocycles. The Bertz CT molecular complexity index is 539. The number of hydrogen-bond acceptors (Lipinski definition) is 4. The van der Waals surface area contributed by atoms with E-state index in [1.54, 1.807) is 6.07 Å². The number of nitrogens with two attached hydrogens (primary N) is 1. The van der Waals surface area contributed by atoms with Gasteiger partial charge in [-0.1, -0.05) is 24.4 Å². The molecule has 1 aromatic carbocycles. The molecule has 1 fully saturated rings. The third-order valence-electron chi connectivity index (χ3n) is 3.34. The molecule has 0 aliphatic heterocycles. The topological polar surface area (TPSA) is 69.6 Å². The zero-order chi connectivity index (χ0) is 12.5. The lowest BCUT2D eigenvalue weighted by atomic mass is 10.1. The van der Waals surface area contributed by atoms with Crippen molar-refractivity contribution in [1.29, 1.82) is 0 Å². The van der Waals surface area contributed by atoms with Crippen LogP contribution in [0.25, 0.3) is 11.4 Å². The van der Waals surface area contributed by atoms with Crippen LogP contribution in [0.15, 0.2) is 18.2 Å². The van der Waals surface area contributed by atoms with Gasteiger partial charge in [-0.25, -0.2) is 4.68 Å². The van der Waals surface area contributed by atoms with E-state index >= 15 is 0 Å². The first-order valence-electron chi connectivity index (χ1n) is 6.08. The molecule has 0 saturated heterocycles. The van der Waals surface area contributed by atoms with E-state index in [9.17, 15) is 0 Å². The average molecular weight is 264 g/mol. The van der Waals surface area contributed by atoms with E-state index in [0.29, 0.717) is 16.8 Å². The molecule has 1 saturated carbocycles. The molecule has 18 heavy (non-hydrogen) atoms. The number of anilines is 1. The third kappa shape index (κ3) is 2.06. The molecule has 6 heteroatoms. The highest BCUT2D eigenvalue weighted by Gasteiger charge is 2.22. The van der Waals surface area contributed by atoms with Gasteiger partial charge in [0.2, 0.25) is 0 Å². The highest BCUT2D eigenvalue weighted by molar-refractivity contribution is 6.31. The van der Waals surface area contributed by atoms with E-state index in [1.807, 2.05) is 16.8 Å². The van der Waals surface area contributed by atoms with E-state index in [2.05, 4.69) is 15.5 Å². The minimum atomic E-state index is 0.398. The maximum Gasteiger partial charge on any atom is 0.182 e. The highest BCUT2D eigenvalue weighted by Crippen LogP contribution is 2.32. The van der Waals surface area contributed by atoms with Crippen molar-refractivity contribution < 1.29 is 0 Å². The van der Waals surface area contributed by atoms with Gasteiger partial charge in [0.05, 0.1) is 6.04 Å². The molecule has 5 nitrogen and oxygen atoms in total. The van der Waals surface area contributed by atoms with Crippen molar-refractivity contribution in [3.8, 4) is 11.4 Å². The molecule has 3 rings (SSSR count). The van der Waals surface area contributed by atoms with Crippen LogP contribution in [0, 0.1) is 0 Å². The summed E-state index contributed by atoms with van der Waals surface area (Å²) in [5.41, 5.74) is 7.30. The summed E-state index contributed by atoms with van der Waals surface area (Å²) in [7, 11) is 0. The molecule has 2 N–H and O–H groups in total. The van der Waals surface area contributed by atoms with Crippen molar-refractivity contribution in [3.05, 3.63) is 23.2 Å². The van der Waals surface area contributed by atoms with Crippen LogP contribution in [-0.2, 0) is 0 Å². The minimum Gasteiger partial charge on any atom is -0.399 e. The van der Waals surface area contributed by atoms with E-state index in [0.717, 1.165) is 24.2 Å². The van der Waals surface area contributed by atoms with Gasteiger partial charge in [-0.2, -0.15) is 0 Å². The first-order valence-corrected chi connectivity index (χ1v) is 6.46. The third-order valence-corrected chi connectivity index (χ3v) is 3.56. The van der Waals surface area contributed by atoms with Gasteiger partial charge in [-0.15, -0.1) is 5.10 Å². The van der Waals surface area contributed by atoms with E-state index in [4.69, 9.17) is 17.3 Å². The summed E-state index contributed by atoms with van der Waals surface area (Å²) < 4.78 is 1.90. The zero-order valence-corrected chi connectivity index (χ0v) is 10.6. The van der Waals surface area contributed by atoms with Crippen molar-refractivity contribution in [2.75, 3.05) is 5.73 Å². The van der Waals surface area contributed by atoms with Crippen molar-refractivity contribution in [1.82, 2.24) is 20.2 Å². The molecule has 0 bridgehead atoms. The van der Waals surface area contributed by atoms with Gasteiger partial charge < -0.3 is 5.73 Å². The van der Waals surface area contributed by atoms with Crippen LogP contribution in [0.1, 0.15) is 31.7 Å². The van der Waals surface area contributed by atoms with E-state index in [1.165, 1.54) is 12.8 Å². The van der Waals surface area contributed by atoms with Crippen LogP contribution in [-0.4, -0.2) is 20.2 Å². The predicted molar refractivity (Wildman–Crippen MR) is 70.2 cm³/mol. The Balaban J connectivity index is 2.03. The lowest BCUT2D eigenvalue weighted by Gasteiger charge is -2.11. The Labute approximate surface area is 110 Å². The summed E-state index contributed by atoms with van der Waals surface area (Å²) in [4.78, 5) is 0. The molecule has 0 radical (unpaired) electrons. The standard InChI is InChI=1S/C12H14ClN5/c13-9-5-8(6-10(14)7-9)12-15-16-17-18(12)11-3-1-2-4-11/h5-7,11H,1-4,14H2. The van der Waals surface area contributed by atoms with Gasteiger partial charge >= 0.3 is 0 Å². The summed E-state index contributed by atoms with van der Waals surface area (Å²) in [6, 6.07) is 5.81. The molecular weight excluding hydrogens is 250 g/mol. The molecule has 0 atom stereocenters. The van der Waals surface area contributed by atoms with Gasteiger partial charge in [0.25, 0.3) is 0 Å². The number of hydrogen-bond donors (Lipinski definition) is 1. The van der Waals surface area contributed by atoms with Crippen LogP contribution < -0.4 is 5.73 Å². The minimum absolute atomic E-state index is 0.398. The van der Waals surface area contributed by atoms with Crippen molar-refractivity contribution >= 4 is 17.3 Å². The first kappa shape index (κ1) is 11.5. The van der Waals surface area contributed by atoms with Crippen LogP contribution in [0.2, 0.25) is 5.02 Å². The molecule has 1 aromatic heterocycles. The maximum absolute atomic E-state index is 6.02. The summed E-state index contributed by atoms with van der Waals surface area (Å²) in [6.45, 7) is 0.